The molecule has 0 aromatic rings. The van der Waals surface area contributed by atoms with Crippen molar-refractivity contribution in [1.29, 1.82) is 0 Å². The van der Waals surface area contributed by atoms with Gasteiger partial charge < -0.3 is 11.5 Å². The van der Waals surface area contributed by atoms with Crippen LogP contribution in [0.15, 0.2) is 4.99 Å². The van der Waals surface area contributed by atoms with Gasteiger partial charge in [-0.05, 0) is 32.4 Å². The van der Waals surface area contributed by atoms with Crippen LogP contribution in [0.3, 0.4) is 0 Å². The molecule has 0 amide bonds. The third-order valence-electron chi connectivity index (χ3n) is 3.20. The molecule has 0 radical (unpaired) electrons. The topological polar surface area (TPSA) is 64.4 Å². The summed E-state index contributed by atoms with van der Waals surface area (Å²) in [7, 11) is 0. The predicted molar refractivity (Wildman–Crippen MR) is 47.5 cm³/mol. The molecule has 3 nitrogen and oxygen atoms in total. The highest BCUT2D eigenvalue weighted by Gasteiger charge is 2.50. The summed E-state index contributed by atoms with van der Waals surface area (Å²) in [5, 5.41) is 0. The molecule has 0 bridgehead atoms. The molecule has 0 aliphatic heterocycles. The highest BCUT2D eigenvalue weighted by molar-refractivity contribution is 5.29. The smallest absolute Gasteiger partial charge is 0.125 e. The first-order chi connectivity index (χ1) is 4.94. The van der Waals surface area contributed by atoms with Crippen LogP contribution in [0, 0.1) is 5.92 Å². The van der Waals surface area contributed by atoms with Crippen LogP contribution in [0.1, 0.15) is 26.7 Å². The van der Waals surface area contributed by atoms with Crippen molar-refractivity contribution in [2.45, 2.75) is 37.9 Å². The van der Waals surface area contributed by atoms with Crippen LogP contribution in [-0.4, -0.2) is 17.9 Å². The van der Waals surface area contributed by atoms with Crippen molar-refractivity contribution in [3.05, 3.63) is 0 Å². The van der Waals surface area contributed by atoms with E-state index < -0.39 is 11.2 Å². The molecule has 3 atom stereocenters. The summed E-state index contributed by atoms with van der Waals surface area (Å²) < 4.78 is 0. The summed E-state index contributed by atoms with van der Waals surface area (Å²) in [6.07, 6.45) is 1.90. The van der Waals surface area contributed by atoms with Gasteiger partial charge in [-0.25, -0.2) is 0 Å². The Labute approximate surface area is 67.9 Å². The summed E-state index contributed by atoms with van der Waals surface area (Å²) in [5.41, 5.74) is 11.0. The number of rotatable bonds is 1. The third kappa shape index (κ3) is 0.993. The lowest BCUT2D eigenvalue weighted by molar-refractivity contribution is 0.250. The largest absolute Gasteiger partial charge is 0.322 e. The first kappa shape index (κ1) is 8.68. The molecular weight excluding hydrogens is 138 g/mol. The third-order valence-corrected chi connectivity index (χ3v) is 3.20. The van der Waals surface area contributed by atoms with Gasteiger partial charge in [0.05, 0.1) is 5.54 Å². The Kier molecular flexibility index (Phi) is 1.81. The number of aliphatic imine (C=N–C) groups is 1. The molecule has 0 unspecified atom stereocenters. The van der Waals surface area contributed by atoms with Crippen LogP contribution in [0.2, 0.25) is 0 Å². The molecule has 1 aliphatic carbocycles. The molecule has 1 saturated carbocycles. The lowest BCUT2D eigenvalue weighted by Gasteiger charge is -2.36. The Morgan fingerprint density at radius 2 is 2.09 bits per heavy atom. The van der Waals surface area contributed by atoms with Gasteiger partial charge in [-0.2, -0.15) is 0 Å². The highest BCUT2D eigenvalue weighted by Crippen LogP contribution is 2.40. The Morgan fingerprint density at radius 3 is 2.27 bits per heavy atom. The van der Waals surface area contributed by atoms with E-state index in [1.807, 2.05) is 6.92 Å². The monoisotopic (exact) mass is 155 g/mol. The average molecular weight is 155 g/mol. The van der Waals surface area contributed by atoms with Gasteiger partial charge in [-0.3, -0.25) is 4.99 Å². The maximum atomic E-state index is 6.05. The molecule has 0 saturated heterocycles. The van der Waals surface area contributed by atoms with Crippen LogP contribution < -0.4 is 11.5 Å². The number of hydrogen-bond donors (Lipinski definition) is 2. The lowest BCUT2D eigenvalue weighted by Crippen LogP contribution is -2.61. The minimum atomic E-state index is -0.605. The zero-order valence-electron chi connectivity index (χ0n) is 7.30. The molecule has 0 aromatic heterocycles. The van der Waals surface area contributed by atoms with E-state index in [9.17, 15) is 0 Å². The Morgan fingerprint density at radius 1 is 1.55 bits per heavy atom. The van der Waals surface area contributed by atoms with Gasteiger partial charge in [0.15, 0.2) is 0 Å². The van der Waals surface area contributed by atoms with Crippen LogP contribution in [0.25, 0.3) is 0 Å². The standard InChI is InChI=1S/C8H17N3/c1-6-4-5-8(10,11-3)7(6,2)9/h6H,3-5,9-10H2,1-2H3/t6-,7+,8-/m0/s1. The quantitative estimate of drug-likeness (QED) is 0.541. The highest BCUT2D eigenvalue weighted by atomic mass is 15.1. The van der Waals surface area contributed by atoms with Gasteiger partial charge in [-0.1, -0.05) is 6.92 Å². The van der Waals surface area contributed by atoms with Crippen molar-refractivity contribution in [1.82, 2.24) is 0 Å². The summed E-state index contributed by atoms with van der Waals surface area (Å²) in [4.78, 5) is 3.93. The number of nitrogens with zero attached hydrogens (tertiary/aromatic N) is 1. The van der Waals surface area contributed by atoms with E-state index in [4.69, 9.17) is 11.5 Å². The van der Waals surface area contributed by atoms with Crippen molar-refractivity contribution >= 4 is 6.72 Å². The van der Waals surface area contributed by atoms with E-state index in [-0.39, 0.29) is 0 Å². The second kappa shape index (κ2) is 2.29. The maximum absolute atomic E-state index is 6.05. The minimum absolute atomic E-state index is 0.394. The number of hydrogen-bond acceptors (Lipinski definition) is 3. The molecule has 0 aromatic carbocycles. The molecule has 3 heteroatoms. The van der Waals surface area contributed by atoms with Crippen LogP contribution in [0.4, 0.5) is 0 Å². The van der Waals surface area contributed by atoms with Crippen molar-refractivity contribution in [3.8, 4) is 0 Å². The van der Waals surface area contributed by atoms with E-state index in [1.165, 1.54) is 0 Å². The van der Waals surface area contributed by atoms with E-state index in [2.05, 4.69) is 18.6 Å². The second-order valence-electron chi connectivity index (χ2n) is 3.80. The predicted octanol–water partition coefficient (Wildman–Crippen LogP) is 0.489. The van der Waals surface area contributed by atoms with Crippen molar-refractivity contribution < 1.29 is 0 Å². The molecule has 1 rings (SSSR count). The molecule has 11 heavy (non-hydrogen) atoms. The summed E-state index contributed by atoms with van der Waals surface area (Å²) in [6.45, 7) is 7.56. The molecule has 0 spiro atoms. The van der Waals surface area contributed by atoms with E-state index in [1.54, 1.807) is 0 Å². The van der Waals surface area contributed by atoms with E-state index in [0.717, 1.165) is 12.8 Å². The Hall–Kier alpha value is -0.410. The van der Waals surface area contributed by atoms with Gasteiger partial charge in [-0.15, -0.1) is 0 Å². The average Bonchev–Trinajstić information content (AvgIpc) is 2.15. The van der Waals surface area contributed by atoms with Crippen LogP contribution in [0.5, 0.6) is 0 Å². The second-order valence-corrected chi connectivity index (χ2v) is 3.80. The first-order valence-electron chi connectivity index (χ1n) is 4.00. The van der Waals surface area contributed by atoms with Crippen LogP contribution >= 0.6 is 0 Å². The summed E-state index contributed by atoms with van der Waals surface area (Å²) >= 11 is 0. The van der Waals surface area contributed by atoms with E-state index >= 15 is 0 Å². The maximum Gasteiger partial charge on any atom is 0.125 e. The first-order valence-corrected chi connectivity index (χ1v) is 4.00. The molecule has 64 valence electrons. The van der Waals surface area contributed by atoms with Crippen molar-refractivity contribution in [2.24, 2.45) is 22.4 Å². The van der Waals surface area contributed by atoms with Gasteiger partial charge in [0.1, 0.15) is 5.66 Å². The minimum Gasteiger partial charge on any atom is -0.322 e. The van der Waals surface area contributed by atoms with E-state index in [0.29, 0.717) is 5.92 Å². The fraction of sp³-hybridized carbons (Fsp3) is 0.875. The van der Waals surface area contributed by atoms with Gasteiger partial charge in [0.25, 0.3) is 0 Å². The van der Waals surface area contributed by atoms with Gasteiger partial charge in [0, 0.05) is 0 Å². The molecule has 0 heterocycles. The van der Waals surface area contributed by atoms with Gasteiger partial charge in [0.2, 0.25) is 0 Å². The Balaban J connectivity index is 2.94. The SMILES string of the molecule is C=N[C@@]1(N)CC[C@H](C)[C@@]1(C)N. The number of nitrogens with two attached hydrogens (primary N) is 2. The molecular formula is C8H17N3. The lowest BCUT2D eigenvalue weighted by atomic mass is 9.85. The molecule has 4 N–H and O–H groups in total. The van der Waals surface area contributed by atoms with Crippen molar-refractivity contribution in [2.75, 3.05) is 0 Å². The summed E-state index contributed by atoms with van der Waals surface area (Å²) in [5.74, 6) is 0.429. The molecule has 1 fully saturated rings. The van der Waals surface area contributed by atoms with Crippen LogP contribution in [-0.2, 0) is 0 Å². The molecule has 1 aliphatic rings. The normalized spacial score (nSPS) is 51.1. The fourth-order valence-corrected chi connectivity index (χ4v) is 1.68. The van der Waals surface area contributed by atoms with Crippen molar-refractivity contribution in [3.63, 3.8) is 0 Å². The zero-order valence-corrected chi connectivity index (χ0v) is 7.30. The summed E-state index contributed by atoms with van der Waals surface area (Å²) in [6, 6.07) is 0. The Bertz CT molecular complexity index is 176. The zero-order chi connectivity index (χ0) is 8.70. The van der Waals surface area contributed by atoms with Gasteiger partial charge >= 0.3 is 0 Å². The fourth-order valence-electron chi connectivity index (χ4n) is 1.68.